The summed E-state index contributed by atoms with van der Waals surface area (Å²) in [5.41, 5.74) is 2.51. The van der Waals surface area contributed by atoms with E-state index in [0.717, 1.165) is 24.4 Å². The molecule has 2 aromatic carbocycles. The van der Waals surface area contributed by atoms with Gasteiger partial charge in [0.25, 0.3) is 5.91 Å². The Kier molecular flexibility index (Phi) is 4.62. The lowest BCUT2D eigenvalue weighted by molar-refractivity contribution is -0.121. The molecular weight excluding hydrogens is 394 g/mol. The molecule has 3 aromatic rings. The van der Waals surface area contributed by atoms with E-state index in [-0.39, 0.29) is 30.5 Å². The van der Waals surface area contributed by atoms with Crippen LogP contribution in [0.2, 0.25) is 0 Å². The summed E-state index contributed by atoms with van der Waals surface area (Å²) in [7, 11) is 0. The quantitative estimate of drug-likeness (QED) is 0.645. The van der Waals surface area contributed by atoms with Crippen LogP contribution in [0.5, 0.6) is 0 Å². The van der Waals surface area contributed by atoms with Gasteiger partial charge in [-0.2, -0.15) is 0 Å². The molecule has 0 spiro atoms. The zero-order valence-electron chi connectivity index (χ0n) is 17.0. The smallest absolute Gasteiger partial charge is 0.295 e. The van der Waals surface area contributed by atoms with E-state index in [1.165, 1.54) is 4.90 Å². The van der Waals surface area contributed by atoms with E-state index in [2.05, 4.69) is 15.4 Å². The van der Waals surface area contributed by atoms with Crippen molar-refractivity contribution in [3.05, 3.63) is 65.7 Å². The molecule has 8 nitrogen and oxygen atoms in total. The van der Waals surface area contributed by atoms with Crippen LogP contribution in [0.25, 0.3) is 5.69 Å². The Morgan fingerprint density at radius 2 is 1.71 bits per heavy atom. The second-order valence-electron chi connectivity index (χ2n) is 7.84. The van der Waals surface area contributed by atoms with Crippen LogP contribution in [0.4, 0.5) is 11.4 Å². The van der Waals surface area contributed by atoms with Gasteiger partial charge >= 0.3 is 0 Å². The number of rotatable bonds is 5. The van der Waals surface area contributed by atoms with Crippen molar-refractivity contribution in [1.29, 1.82) is 0 Å². The average molecular weight is 415 g/mol. The molecule has 156 valence electrons. The van der Waals surface area contributed by atoms with Crippen molar-refractivity contribution in [2.45, 2.75) is 38.5 Å². The van der Waals surface area contributed by atoms with E-state index in [1.807, 2.05) is 30.3 Å². The van der Waals surface area contributed by atoms with Crippen LogP contribution >= 0.6 is 0 Å². The highest BCUT2D eigenvalue weighted by Crippen LogP contribution is 2.40. The molecule has 1 aromatic heterocycles. The molecular formula is C23H21N5O3. The molecule has 1 saturated carbocycles. The van der Waals surface area contributed by atoms with Gasteiger partial charge in [0.2, 0.25) is 17.6 Å². The number of aromatic nitrogens is 3. The van der Waals surface area contributed by atoms with E-state index in [0.29, 0.717) is 22.9 Å². The second kappa shape index (κ2) is 7.46. The Hall–Kier alpha value is -3.81. The Morgan fingerprint density at radius 1 is 1.00 bits per heavy atom. The SMILES string of the molecule is Cc1c(NC(=O)c2nc(C3CC3)n(-c3ccccc3)n2)cccc1N1C(=O)CCC1=O. The van der Waals surface area contributed by atoms with Crippen LogP contribution in [-0.2, 0) is 9.59 Å². The van der Waals surface area contributed by atoms with Crippen LogP contribution in [0, 0.1) is 6.92 Å². The molecule has 1 N–H and O–H groups in total. The minimum Gasteiger partial charge on any atom is -0.319 e. The van der Waals surface area contributed by atoms with E-state index in [9.17, 15) is 14.4 Å². The lowest BCUT2D eigenvalue weighted by Gasteiger charge is -2.18. The Labute approximate surface area is 178 Å². The summed E-state index contributed by atoms with van der Waals surface area (Å²) in [4.78, 5) is 42.9. The van der Waals surface area contributed by atoms with Crippen LogP contribution < -0.4 is 10.2 Å². The molecule has 1 saturated heterocycles. The molecule has 2 fully saturated rings. The number of anilines is 2. The molecule has 31 heavy (non-hydrogen) atoms. The number of imide groups is 1. The first-order chi connectivity index (χ1) is 15.0. The molecule has 0 unspecified atom stereocenters. The van der Waals surface area contributed by atoms with Crippen molar-refractivity contribution >= 4 is 29.1 Å². The Bertz CT molecular complexity index is 1180. The number of para-hydroxylation sites is 1. The van der Waals surface area contributed by atoms with Crippen molar-refractivity contribution in [3.8, 4) is 5.69 Å². The topological polar surface area (TPSA) is 97.2 Å². The summed E-state index contributed by atoms with van der Waals surface area (Å²) in [6.07, 6.45) is 2.48. The standard InChI is InChI=1S/C23H21N5O3/c1-14-17(8-5-9-18(14)27-19(29)12-13-20(27)30)24-23(31)21-25-22(15-10-11-15)28(26-21)16-6-3-2-4-7-16/h2-9,15H,10-13H2,1H3,(H,24,31). The minimum absolute atomic E-state index is 0.0869. The van der Waals surface area contributed by atoms with Crippen molar-refractivity contribution in [3.63, 3.8) is 0 Å². The number of nitrogens with one attached hydrogen (secondary N) is 1. The molecule has 0 bridgehead atoms. The minimum atomic E-state index is -0.434. The number of hydrogen-bond donors (Lipinski definition) is 1. The highest BCUT2D eigenvalue weighted by atomic mass is 16.2. The first-order valence-electron chi connectivity index (χ1n) is 10.3. The fourth-order valence-electron chi connectivity index (χ4n) is 3.81. The predicted molar refractivity (Wildman–Crippen MR) is 114 cm³/mol. The van der Waals surface area contributed by atoms with Crippen molar-refractivity contribution in [1.82, 2.24) is 14.8 Å². The number of hydrogen-bond acceptors (Lipinski definition) is 5. The third-order valence-electron chi connectivity index (χ3n) is 5.62. The van der Waals surface area contributed by atoms with Crippen LogP contribution in [0.15, 0.2) is 48.5 Å². The van der Waals surface area contributed by atoms with Gasteiger partial charge in [-0.1, -0.05) is 24.3 Å². The molecule has 1 aliphatic heterocycles. The lowest BCUT2D eigenvalue weighted by Crippen LogP contribution is -2.29. The maximum Gasteiger partial charge on any atom is 0.295 e. The number of amides is 3. The zero-order valence-corrected chi connectivity index (χ0v) is 17.0. The molecule has 5 rings (SSSR count). The van der Waals surface area contributed by atoms with E-state index >= 15 is 0 Å². The third-order valence-corrected chi connectivity index (χ3v) is 5.62. The first kappa shape index (κ1) is 19.2. The molecule has 2 aliphatic rings. The third kappa shape index (κ3) is 3.50. The summed E-state index contributed by atoms with van der Waals surface area (Å²) < 4.78 is 1.73. The summed E-state index contributed by atoms with van der Waals surface area (Å²) in [6.45, 7) is 1.77. The van der Waals surface area contributed by atoms with Gasteiger partial charge in [-0.15, -0.1) is 5.10 Å². The molecule has 2 heterocycles. The molecule has 1 aliphatic carbocycles. The normalized spacial score (nSPS) is 16.1. The molecule has 0 radical (unpaired) electrons. The average Bonchev–Trinajstić information content (AvgIpc) is 3.44. The highest BCUT2D eigenvalue weighted by molar-refractivity contribution is 6.20. The van der Waals surface area contributed by atoms with Gasteiger partial charge in [0.15, 0.2) is 0 Å². The Balaban J connectivity index is 1.44. The van der Waals surface area contributed by atoms with Crippen molar-refractivity contribution in [2.24, 2.45) is 0 Å². The van der Waals surface area contributed by atoms with Crippen molar-refractivity contribution in [2.75, 3.05) is 10.2 Å². The number of carbonyl (C=O) groups is 3. The fraction of sp³-hybridized carbons (Fsp3) is 0.261. The van der Waals surface area contributed by atoms with Crippen LogP contribution in [0.1, 0.15) is 53.6 Å². The number of benzene rings is 2. The van der Waals surface area contributed by atoms with E-state index in [4.69, 9.17) is 0 Å². The zero-order chi connectivity index (χ0) is 21.5. The second-order valence-corrected chi connectivity index (χ2v) is 7.84. The fourth-order valence-corrected chi connectivity index (χ4v) is 3.81. The monoisotopic (exact) mass is 415 g/mol. The van der Waals surface area contributed by atoms with Gasteiger partial charge in [-0.05, 0) is 49.6 Å². The highest BCUT2D eigenvalue weighted by Gasteiger charge is 2.33. The maximum atomic E-state index is 13.0. The van der Waals surface area contributed by atoms with Gasteiger partial charge in [0.1, 0.15) is 5.82 Å². The van der Waals surface area contributed by atoms with E-state index < -0.39 is 5.91 Å². The maximum absolute atomic E-state index is 13.0. The summed E-state index contributed by atoms with van der Waals surface area (Å²) >= 11 is 0. The summed E-state index contributed by atoms with van der Waals surface area (Å²) in [5, 5.41) is 7.31. The van der Waals surface area contributed by atoms with E-state index in [1.54, 1.807) is 29.8 Å². The Morgan fingerprint density at radius 3 is 2.39 bits per heavy atom. The molecule has 0 atom stereocenters. The molecule has 8 heteroatoms. The van der Waals surface area contributed by atoms with Gasteiger partial charge in [0.05, 0.1) is 11.4 Å². The first-order valence-corrected chi connectivity index (χ1v) is 10.3. The van der Waals surface area contributed by atoms with Gasteiger partial charge in [-0.3, -0.25) is 19.3 Å². The van der Waals surface area contributed by atoms with Gasteiger partial charge in [-0.25, -0.2) is 9.67 Å². The lowest BCUT2D eigenvalue weighted by atomic mass is 10.1. The van der Waals surface area contributed by atoms with Crippen LogP contribution in [-0.4, -0.2) is 32.5 Å². The van der Waals surface area contributed by atoms with Gasteiger partial charge in [0, 0.05) is 24.4 Å². The number of carbonyl (C=O) groups excluding carboxylic acids is 3. The number of nitrogens with zero attached hydrogens (tertiary/aromatic N) is 4. The van der Waals surface area contributed by atoms with Crippen molar-refractivity contribution < 1.29 is 14.4 Å². The predicted octanol–water partition coefficient (Wildman–Crippen LogP) is 3.36. The molecule has 3 amide bonds. The van der Waals surface area contributed by atoms with Crippen LogP contribution in [0.3, 0.4) is 0 Å². The summed E-state index contributed by atoms with van der Waals surface area (Å²) in [6, 6.07) is 14.8. The van der Waals surface area contributed by atoms with Gasteiger partial charge < -0.3 is 5.32 Å². The largest absolute Gasteiger partial charge is 0.319 e. The summed E-state index contributed by atoms with van der Waals surface area (Å²) in [5.74, 6) is 0.296.